The zero-order valence-electron chi connectivity index (χ0n) is 14.9. The summed E-state index contributed by atoms with van der Waals surface area (Å²) >= 11 is 6.19. The van der Waals surface area contributed by atoms with Gasteiger partial charge in [-0.25, -0.2) is 9.59 Å². The van der Waals surface area contributed by atoms with E-state index in [1.165, 1.54) is 24.3 Å². The van der Waals surface area contributed by atoms with Gasteiger partial charge < -0.3 is 25.0 Å². The third-order valence-corrected chi connectivity index (χ3v) is 4.02. The Bertz CT molecular complexity index is 827. The molecule has 0 saturated carbocycles. The lowest BCUT2D eigenvalue weighted by Gasteiger charge is -2.21. The first-order chi connectivity index (χ1) is 13.4. The van der Waals surface area contributed by atoms with E-state index >= 15 is 0 Å². The molecule has 0 aliphatic heterocycles. The maximum Gasteiger partial charge on any atom is 0.408 e. The Morgan fingerprint density at radius 2 is 1.93 bits per heavy atom. The van der Waals surface area contributed by atoms with Crippen molar-refractivity contribution in [3.05, 3.63) is 77.3 Å². The normalized spacial score (nSPS) is 12.5. The maximum atomic E-state index is 11.6. The molecular weight excluding hydrogens is 386 g/mol. The average molecular weight is 406 g/mol. The summed E-state index contributed by atoms with van der Waals surface area (Å²) in [7, 11) is 0. The number of carbonyl (C=O) groups is 2. The third-order valence-electron chi connectivity index (χ3n) is 3.72. The topological polar surface area (TPSA) is 105 Å². The fourth-order valence-corrected chi connectivity index (χ4v) is 2.57. The fraction of sp³-hybridized carbons (Fsp3) is 0.200. The van der Waals surface area contributed by atoms with Gasteiger partial charge in [0.05, 0.1) is 5.02 Å². The van der Waals surface area contributed by atoms with Gasteiger partial charge in [0.1, 0.15) is 25.1 Å². The number of carbonyl (C=O) groups excluding carboxylic acids is 1. The lowest BCUT2D eigenvalue weighted by atomic mass is 10.0. The molecule has 3 N–H and O–H groups in total. The number of ether oxygens (including phenoxy) is 2. The first kappa shape index (κ1) is 21.3. The number of halogens is 1. The molecule has 0 aromatic heterocycles. The number of rotatable bonds is 9. The van der Waals surface area contributed by atoms with Gasteiger partial charge in [-0.15, -0.1) is 0 Å². The van der Waals surface area contributed by atoms with Crippen LogP contribution in [0.4, 0.5) is 4.79 Å². The van der Waals surface area contributed by atoms with E-state index in [9.17, 15) is 19.8 Å². The van der Waals surface area contributed by atoms with Crippen LogP contribution < -0.4 is 10.1 Å². The number of benzene rings is 2. The fourth-order valence-electron chi connectivity index (χ4n) is 2.32. The summed E-state index contributed by atoms with van der Waals surface area (Å²) in [6.45, 7) is 3.60. The predicted octanol–water partition coefficient (Wildman–Crippen LogP) is 3.32. The SMILES string of the molecule is C=CCOC(=O)N[C@H](C(=O)O)[C@H](O)c1ccc(OCc2ccccc2)c(Cl)c1. The number of hydrogen-bond donors (Lipinski definition) is 3. The number of aliphatic carboxylic acids is 1. The molecule has 0 aliphatic rings. The second kappa shape index (κ2) is 10.3. The first-order valence-electron chi connectivity index (χ1n) is 8.33. The lowest BCUT2D eigenvalue weighted by Crippen LogP contribution is -2.45. The molecule has 0 saturated heterocycles. The maximum absolute atomic E-state index is 11.6. The summed E-state index contributed by atoms with van der Waals surface area (Å²) in [5, 5.41) is 22.0. The summed E-state index contributed by atoms with van der Waals surface area (Å²) in [5.41, 5.74) is 1.16. The molecule has 1 amide bonds. The second-order valence-corrected chi connectivity index (χ2v) is 6.16. The molecule has 0 radical (unpaired) electrons. The molecule has 148 valence electrons. The molecule has 28 heavy (non-hydrogen) atoms. The lowest BCUT2D eigenvalue weighted by molar-refractivity contribution is -0.142. The van der Waals surface area contributed by atoms with Crippen LogP contribution in [-0.2, 0) is 16.1 Å². The molecular formula is C20H20ClNO6. The Labute approximate surface area is 167 Å². The third kappa shape index (κ3) is 6.00. The van der Waals surface area contributed by atoms with Crippen LogP contribution in [0.5, 0.6) is 5.75 Å². The highest BCUT2D eigenvalue weighted by molar-refractivity contribution is 6.32. The highest BCUT2D eigenvalue weighted by Gasteiger charge is 2.30. The van der Waals surface area contributed by atoms with Crippen LogP contribution in [0.2, 0.25) is 5.02 Å². The van der Waals surface area contributed by atoms with Crippen LogP contribution in [0.3, 0.4) is 0 Å². The molecule has 8 heteroatoms. The molecule has 0 unspecified atom stereocenters. The minimum Gasteiger partial charge on any atom is -0.487 e. The standard InChI is InChI=1S/C20H20ClNO6/c1-2-10-27-20(26)22-17(19(24)25)18(23)14-8-9-16(15(21)11-14)28-12-13-6-4-3-5-7-13/h2-9,11,17-18,23H,1,10,12H2,(H,22,26)(H,24,25)/t17-,18+/m0/s1. The Morgan fingerprint density at radius 1 is 1.21 bits per heavy atom. The Balaban J connectivity index is 2.07. The highest BCUT2D eigenvalue weighted by Crippen LogP contribution is 2.29. The smallest absolute Gasteiger partial charge is 0.408 e. The predicted molar refractivity (Wildman–Crippen MR) is 103 cm³/mol. The van der Waals surface area contributed by atoms with Crippen molar-refractivity contribution in [2.24, 2.45) is 0 Å². The van der Waals surface area contributed by atoms with Gasteiger partial charge in [-0.1, -0.05) is 60.7 Å². The van der Waals surface area contributed by atoms with Crippen LogP contribution in [0.25, 0.3) is 0 Å². The number of carboxylic acids is 1. The monoisotopic (exact) mass is 405 g/mol. The van der Waals surface area contributed by atoms with E-state index in [1.54, 1.807) is 0 Å². The molecule has 0 aliphatic carbocycles. The van der Waals surface area contributed by atoms with E-state index in [0.717, 1.165) is 5.56 Å². The van der Waals surface area contributed by atoms with Crippen molar-refractivity contribution in [3.63, 3.8) is 0 Å². The number of aliphatic hydroxyl groups excluding tert-OH is 1. The molecule has 2 rings (SSSR count). The average Bonchev–Trinajstić information content (AvgIpc) is 2.69. The summed E-state index contributed by atoms with van der Waals surface area (Å²) in [5.74, 6) is -1.05. The molecule has 2 atom stereocenters. The first-order valence-corrected chi connectivity index (χ1v) is 8.71. The summed E-state index contributed by atoms with van der Waals surface area (Å²) in [4.78, 5) is 23.0. The minimum absolute atomic E-state index is 0.0897. The van der Waals surface area contributed by atoms with Crippen molar-refractivity contribution in [3.8, 4) is 5.75 Å². The Hall–Kier alpha value is -3.03. The number of hydrogen-bond acceptors (Lipinski definition) is 5. The minimum atomic E-state index is -1.62. The number of amides is 1. The van der Waals surface area contributed by atoms with Gasteiger partial charge in [-0.3, -0.25) is 0 Å². The Kier molecular flexibility index (Phi) is 7.86. The van der Waals surface area contributed by atoms with Crippen molar-refractivity contribution >= 4 is 23.7 Å². The van der Waals surface area contributed by atoms with Gasteiger partial charge in [-0.2, -0.15) is 0 Å². The summed E-state index contributed by atoms with van der Waals surface area (Å²) < 4.78 is 10.3. The van der Waals surface area contributed by atoms with Crippen molar-refractivity contribution < 1.29 is 29.3 Å². The van der Waals surface area contributed by atoms with Crippen molar-refractivity contribution in [1.82, 2.24) is 5.32 Å². The number of carboxylic acid groups (broad SMARTS) is 1. The molecule has 0 spiro atoms. The van der Waals surface area contributed by atoms with E-state index < -0.39 is 24.2 Å². The van der Waals surface area contributed by atoms with Gasteiger partial charge in [0.15, 0.2) is 6.04 Å². The quantitative estimate of drug-likeness (QED) is 0.553. The largest absolute Gasteiger partial charge is 0.487 e. The van der Waals surface area contributed by atoms with Crippen LogP contribution in [-0.4, -0.2) is 34.9 Å². The molecule has 7 nitrogen and oxygen atoms in total. The van der Waals surface area contributed by atoms with Crippen molar-refractivity contribution in [1.29, 1.82) is 0 Å². The van der Waals surface area contributed by atoms with Gasteiger partial charge >= 0.3 is 12.1 Å². The Morgan fingerprint density at radius 3 is 2.54 bits per heavy atom. The van der Waals surface area contributed by atoms with Gasteiger partial charge in [0.25, 0.3) is 0 Å². The van der Waals surface area contributed by atoms with Crippen LogP contribution in [0, 0.1) is 0 Å². The number of aliphatic hydroxyl groups is 1. The van der Waals surface area contributed by atoms with E-state index in [1.807, 2.05) is 30.3 Å². The molecule has 2 aromatic carbocycles. The van der Waals surface area contributed by atoms with Gasteiger partial charge in [0.2, 0.25) is 0 Å². The van der Waals surface area contributed by atoms with Crippen LogP contribution in [0.15, 0.2) is 61.2 Å². The summed E-state index contributed by atoms with van der Waals surface area (Å²) in [6.07, 6.45) is -1.20. The van der Waals surface area contributed by atoms with Gasteiger partial charge in [-0.05, 0) is 23.3 Å². The van der Waals surface area contributed by atoms with E-state index in [0.29, 0.717) is 12.4 Å². The molecule has 0 heterocycles. The van der Waals surface area contributed by atoms with E-state index in [-0.39, 0.29) is 17.2 Å². The number of alkyl carbamates (subject to hydrolysis) is 1. The van der Waals surface area contributed by atoms with Crippen molar-refractivity contribution in [2.75, 3.05) is 6.61 Å². The van der Waals surface area contributed by atoms with Gasteiger partial charge in [0, 0.05) is 0 Å². The zero-order chi connectivity index (χ0) is 20.5. The van der Waals surface area contributed by atoms with E-state index in [4.69, 9.17) is 16.3 Å². The molecule has 2 aromatic rings. The van der Waals surface area contributed by atoms with Crippen LogP contribution >= 0.6 is 11.6 Å². The molecule has 0 bridgehead atoms. The second-order valence-electron chi connectivity index (χ2n) is 5.76. The van der Waals surface area contributed by atoms with E-state index in [2.05, 4.69) is 16.6 Å². The van der Waals surface area contributed by atoms with Crippen LogP contribution in [0.1, 0.15) is 17.2 Å². The highest BCUT2D eigenvalue weighted by atomic mass is 35.5. The van der Waals surface area contributed by atoms with Crippen molar-refractivity contribution in [2.45, 2.75) is 18.8 Å². The summed E-state index contributed by atoms with van der Waals surface area (Å²) in [6, 6.07) is 12.2. The zero-order valence-corrected chi connectivity index (χ0v) is 15.6. The number of nitrogens with one attached hydrogen (secondary N) is 1. The molecule has 0 fully saturated rings.